The molecule has 0 spiro atoms. The van der Waals surface area contributed by atoms with Gasteiger partial charge in [0.15, 0.2) is 0 Å². The lowest BCUT2D eigenvalue weighted by Gasteiger charge is -2.25. The van der Waals surface area contributed by atoms with E-state index < -0.39 is 0 Å². The number of rotatable bonds is 6. The van der Waals surface area contributed by atoms with Gasteiger partial charge in [-0.25, -0.2) is 4.79 Å². The van der Waals surface area contributed by atoms with Gasteiger partial charge < -0.3 is 15.1 Å². The molecule has 0 aliphatic heterocycles. The van der Waals surface area contributed by atoms with E-state index >= 15 is 0 Å². The second kappa shape index (κ2) is 8.81. The summed E-state index contributed by atoms with van der Waals surface area (Å²) in [5.74, 6) is 0. The number of carbonyl (C=O) groups excluding carboxylic acids is 1. The van der Waals surface area contributed by atoms with E-state index in [2.05, 4.69) is 48.1 Å². The van der Waals surface area contributed by atoms with E-state index in [1.54, 1.807) is 12.4 Å². The molecule has 0 saturated heterocycles. The number of anilines is 1. The van der Waals surface area contributed by atoms with E-state index in [1.807, 2.05) is 43.3 Å². The summed E-state index contributed by atoms with van der Waals surface area (Å²) in [5.41, 5.74) is 3.17. The van der Waals surface area contributed by atoms with Gasteiger partial charge in [-0.2, -0.15) is 0 Å². The van der Waals surface area contributed by atoms with Crippen LogP contribution in [0.5, 0.6) is 0 Å². The van der Waals surface area contributed by atoms with Gasteiger partial charge in [-0.05, 0) is 48.8 Å². The van der Waals surface area contributed by atoms with Crippen LogP contribution >= 0.6 is 0 Å². The molecule has 2 amide bonds. The monoisotopic (exact) mass is 354 g/mol. The molecule has 0 saturated carbocycles. The average Bonchev–Trinajstić information content (AvgIpc) is 2.59. The van der Waals surface area contributed by atoms with Gasteiger partial charge in [0, 0.05) is 37.7 Å². The molecule has 0 atom stereocenters. The van der Waals surface area contributed by atoms with Crippen LogP contribution < -0.4 is 5.32 Å². The third-order valence-electron chi connectivity index (χ3n) is 4.20. The summed E-state index contributed by atoms with van der Waals surface area (Å²) in [6.45, 7) is 8.52. The summed E-state index contributed by atoms with van der Waals surface area (Å²) in [6.07, 6.45) is 3.54. The predicted molar refractivity (Wildman–Crippen MR) is 107 cm³/mol. The number of amides is 2. The fourth-order valence-electron chi connectivity index (χ4n) is 2.54. The van der Waals surface area contributed by atoms with Crippen molar-refractivity contribution in [3.05, 3.63) is 59.9 Å². The molecule has 0 unspecified atom stereocenters. The Morgan fingerprint density at radius 3 is 2.31 bits per heavy atom. The highest BCUT2D eigenvalue weighted by Crippen LogP contribution is 2.23. The van der Waals surface area contributed by atoms with Gasteiger partial charge in [0.1, 0.15) is 0 Å². The summed E-state index contributed by atoms with van der Waals surface area (Å²) in [5, 5.41) is 3.01. The molecule has 0 aliphatic carbocycles. The molecular formula is C21H30N4O. The zero-order chi connectivity index (χ0) is 19.2. The first-order chi connectivity index (χ1) is 12.3. The first-order valence-corrected chi connectivity index (χ1v) is 8.96. The number of nitrogens with one attached hydrogen (secondary N) is 1. The summed E-state index contributed by atoms with van der Waals surface area (Å²) in [4.78, 5) is 20.8. The SMILES string of the molecule is CN(C)CCN(Cc1cccnc1)C(=O)Nc1ccc(C(C)(C)C)cc1. The molecular weight excluding hydrogens is 324 g/mol. The van der Waals surface area contributed by atoms with Crippen LogP contribution in [0.1, 0.15) is 31.9 Å². The van der Waals surface area contributed by atoms with Gasteiger partial charge in [0.2, 0.25) is 0 Å². The zero-order valence-electron chi connectivity index (χ0n) is 16.5. The fourth-order valence-corrected chi connectivity index (χ4v) is 2.54. The highest BCUT2D eigenvalue weighted by atomic mass is 16.2. The minimum Gasteiger partial charge on any atom is -0.319 e. The fraction of sp³-hybridized carbons (Fsp3) is 0.429. The van der Waals surface area contributed by atoms with Crippen molar-refractivity contribution in [2.75, 3.05) is 32.5 Å². The molecule has 5 nitrogen and oxygen atoms in total. The van der Waals surface area contributed by atoms with E-state index in [1.165, 1.54) is 5.56 Å². The quantitative estimate of drug-likeness (QED) is 0.854. The van der Waals surface area contributed by atoms with Gasteiger partial charge in [-0.15, -0.1) is 0 Å². The molecule has 1 aromatic heterocycles. The van der Waals surface area contributed by atoms with Crippen molar-refractivity contribution in [2.45, 2.75) is 32.7 Å². The second-order valence-corrected chi connectivity index (χ2v) is 7.84. The van der Waals surface area contributed by atoms with Crippen LogP contribution in [0.25, 0.3) is 0 Å². The van der Waals surface area contributed by atoms with Crippen LogP contribution in [0.4, 0.5) is 10.5 Å². The van der Waals surface area contributed by atoms with E-state index in [0.717, 1.165) is 17.8 Å². The molecule has 0 aliphatic rings. The van der Waals surface area contributed by atoms with Gasteiger partial charge in [-0.1, -0.05) is 39.0 Å². The van der Waals surface area contributed by atoms with Crippen molar-refractivity contribution in [3.63, 3.8) is 0 Å². The summed E-state index contributed by atoms with van der Waals surface area (Å²) in [6, 6.07) is 11.9. The zero-order valence-corrected chi connectivity index (χ0v) is 16.5. The minimum absolute atomic E-state index is 0.0978. The molecule has 2 aromatic rings. The molecule has 1 aromatic carbocycles. The van der Waals surface area contributed by atoms with Crippen LogP contribution in [-0.2, 0) is 12.0 Å². The number of aromatic nitrogens is 1. The topological polar surface area (TPSA) is 48.5 Å². The number of benzene rings is 1. The summed E-state index contributed by atoms with van der Waals surface area (Å²) >= 11 is 0. The van der Waals surface area contributed by atoms with Crippen molar-refractivity contribution in [3.8, 4) is 0 Å². The second-order valence-electron chi connectivity index (χ2n) is 7.84. The number of hydrogen-bond acceptors (Lipinski definition) is 3. The van der Waals surface area contributed by atoms with Crippen molar-refractivity contribution in [2.24, 2.45) is 0 Å². The molecule has 0 radical (unpaired) electrons. The smallest absolute Gasteiger partial charge is 0.319 e. The third kappa shape index (κ3) is 6.15. The van der Waals surface area contributed by atoms with Crippen molar-refractivity contribution < 1.29 is 4.79 Å². The molecule has 5 heteroatoms. The number of hydrogen-bond donors (Lipinski definition) is 1. The Morgan fingerprint density at radius 1 is 1.08 bits per heavy atom. The van der Waals surface area contributed by atoms with Crippen LogP contribution in [0.15, 0.2) is 48.8 Å². The van der Waals surface area contributed by atoms with E-state index in [4.69, 9.17) is 0 Å². The first-order valence-electron chi connectivity index (χ1n) is 8.96. The van der Waals surface area contributed by atoms with Crippen molar-refractivity contribution in [1.82, 2.24) is 14.8 Å². The van der Waals surface area contributed by atoms with Crippen LogP contribution in [-0.4, -0.2) is 48.0 Å². The lowest BCUT2D eigenvalue weighted by atomic mass is 9.87. The predicted octanol–water partition coefficient (Wildman–Crippen LogP) is 3.97. The maximum Gasteiger partial charge on any atom is 0.322 e. The number of likely N-dealkylation sites (N-methyl/N-ethyl adjacent to an activating group) is 1. The normalized spacial score (nSPS) is 11.5. The molecule has 0 bridgehead atoms. The Labute approximate surface area is 157 Å². The van der Waals surface area contributed by atoms with E-state index in [-0.39, 0.29) is 11.4 Å². The maximum atomic E-state index is 12.8. The molecule has 26 heavy (non-hydrogen) atoms. The van der Waals surface area contributed by atoms with E-state index in [0.29, 0.717) is 13.1 Å². The summed E-state index contributed by atoms with van der Waals surface area (Å²) in [7, 11) is 4.01. The third-order valence-corrected chi connectivity index (χ3v) is 4.20. The Kier molecular flexibility index (Phi) is 6.75. The molecule has 1 heterocycles. The molecule has 1 N–H and O–H groups in total. The van der Waals surface area contributed by atoms with Crippen molar-refractivity contribution in [1.29, 1.82) is 0 Å². The Hall–Kier alpha value is -2.40. The first kappa shape index (κ1) is 19.9. The average molecular weight is 354 g/mol. The van der Waals surface area contributed by atoms with Gasteiger partial charge in [0.05, 0.1) is 0 Å². The highest BCUT2D eigenvalue weighted by Gasteiger charge is 2.16. The van der Waals surface area contributed by atoms with Crippen LogP contribution in [0.2, 0.25) is 0 Å². The Bertz CT molecular complexity index is 690. The minimum atomic E-state index is -0.0980. The molecule has 140 valence electrons. The van der Waals surface area contributed by atoms with Crippen molar-refractivity contribution >= 4 is 11.7 Å². The van der Waals surface area contributed by atoms with Gasteiger partial charge in [0.25, 0.3) is 0 Å². The Balaban J connectivity index is 2.07. The summed E-state index contributed by atoms with van der Waals surface area (Å²) < 4.78 is 0. The molecule has 0 fully saturated rings. The van der Waals surface area contributed by atoms with Crippen LogP contribution in [0.3, 0.4) is 0 Å². The number of urea groups is 1. The molecule has 2 rings (SSSR count). The highest BCUT2D eigenvalue weighted by molar-refractivity contribution is 5.89. The van der Waals surface area contributed by atoms with Crippen LogP contribution in [0, 0.1) is 0 Å². The lowest BCUT2D eigenvalue weighted by Crippen LogP contribution is -2.39. The number of carbonyl (C=O) groups is 1. The maximum absolute atomic E-state index is 12.8. The number of nitrogens with zero attached hydrogens (tertiary/aromatic N) is 3. The lowest BCUT2D eigenvalue weighted by molar-refractivity contribution is 0.202. The standard InChI is InChI=1S/C21H30N4O/c1-21(2,3)18-8-10-19(11-9-18)23-20(26)25(14-13-24(4)5)16-17-7-6-12-22-15-17/h6-12,15H,13-14,16H2,1-5H3,(H,23,26). The largest absolute Gasteiger partial charge is 0.322 e. The van der Waals surface area contributed by atoms with Gasteiger partial charge in [-0.3, -0.25) is 4.98 Å². The van der Waals surface area contributed by atoms with Gasteiger partial charge >= 0.3 is 6.03 Å². The number of pyridine rings is 1. The Morgan fingerprint density at radius 2 is 1.77 bits per heavy atom. The van der Waals surface area contributed by atoms with E-state index in [9.17, 15) is 4.79 Å².